The molecular weight excluding hydrogens is 380 g/mol. The molecule has 2 aromatic rings. The lowest BCUT2D eigenvalue weighted by molar-refractivity contribution is -0.385. The van der Waals surface area contributed by atoms with Gasteiger partial charge >= 0.3 is 5.69 Å². The summed E-state index contributed by atoms with van der Waals surface area (Å²) in [4.78, 5) is 25.3. The predicted octanol–water partition coefficient (Wildman–Crippen LogP) is 2.06. The van der Waals surface area contributed by atoms with Crippen LogP contribution in [0.25, 0.3) is 0 Å². The second-order valence-corrected chi connectivity index (χ2v) is 6.72. The van der Waals surface area contributed by atoms with Gasteiger partial charge in [0.15, 0.2) is 5.75 Å². The zero-order valence-electron chi connectivity index (χ0n) is 15.7. The minimum atomic E-state index is -0.813. The SMILES string of the molecule is O=[N+]([O-])c1ccccc1OCC(O)CN1CCN(c2ccccc2[N+](=O)[O-])CC1. The molecule has 0 spiro atoms. The molecule has 0 radical (unpaired) electrons. The van der Waals surface area contributed by atoms with E-state index < -0.39 is 11.0 Å². The Morgan fingerprint density at radius 2 is 1.52 bits per heavy atom. The maximum Gasteiger partial charge on any atom is 0.310 e. The van der Waals surface area contributed by atoms with Crippen LogP contribution in [0, 0.1) is 20.2 Å². The fourth-order valence-corrected chi connectivity index (χ4v) is 3.32. The molecule has 154 valence electrons. The van der Waals surface area contributed by atoms with E-state index in [0.717, 1.165) is 0 Å². The van der Waals surface area contributed by atoms with E-state index in [1.165, 1.54) is 18.2 Å². The van der Waals surface area contributed by atoms with Crippen LogP contribution in [0.5, 0.6) is 5.75 Å². The molecule has 10 nitrogen and oxygen atoms in total. The Balaban J connectivity index is 1.50. The minimum Gasteiger partial charge on any atom is -0.484 e. The van der Waals surface area contributed by atoms with Gasteiger partial charge in [0, 0.05) is 44.9 Å². The number of rotatable bonds is 8. The van der Waals surface area contributed by atoms with Crippen LogP contribution in [-0.2, 0) is 0 Å². The maximum atomic E-state index is 11.2. The fraction of sp³-hybridized carbons (Fsp3) is 0.368. The van der Waals surface area contributed by atoms with E-state index in [1.54, 1.807) is 30.3 Å². The largest absolute Gasteiger partial charge is 0.484 e. The van der Waals surface area contributed by atoms with Crippen molar-refractivity contribution >= 4 is 17.1 Å². The lowest BCUT2D eigenvalue weighted by Crippen LogP contribution is -2.49. The van der Waals surface area contributed by atoms with Crippen LogP contribution in [0.1, 0.15) is 0 Å². The molecule has 10 heteroatoms. The number of nitro groups is 2. The van der Waals surface area contributed by atoms with Crippen molar-refractivity contribution in [2.45, 2.75) is 6.10 Å². The highest BCUT2D eigenvalue weighted by Crippen LogP contribution is 2.28. The second-order valence-electron chi connectivity index (χ2n) is 6.72. The number of nitro benzene ring substituents is 2. The maximum absolute atomic E-state index is 11.2. The average molecular weight is 402 g/mol. The Kier molecular flexibility index (Phi) is 6.57. The number of piperazine rings is 1. The van der Waals surface area contributed by atoms with Crippen LogP contribution in [0.3, 0.4) is 0 Å². The van der Waals surface area contributed by atoms with Gasteiger partial charge in [-0.2, -0.15) is 0 Å². The summed E-state index contributed by atoms with van der Waals surface area (Å²) in [6.45, 7) is 2.76. The second kappa shape index (κ2) is 9.30. The van der Waals surface area contributed by atoms with Crippen LogP contribution in [0.15, 0.2) is 48.5 Å². The fourth-order valence-electron chi connectivity index (χ4n) is 3.32. The smallest absolute Gasteiger partial charge is 0.310 e. The molecular formula is C19H22N4O6. The molecule has 0 aromatic heterocycles. The molecule has 1 aliphatic rings. The van der Waals surface area contributed by atoms with Crippen molar-refractivity contribution in [3.63, 3.8) is 0 Å². The van der Waals surface area contributed by atoms with Gasteiger partial charge in [0.1, 0.15) is 18.4 Å². The number of anilines is 1. The summed E-state index contributed by atoms with van der Waals surface area (Å²) in [6.07, 6.45) is -0.813. The summed E-state index contributed by atoms with van der Waals surface area (Å²) >= 11 is 0. The van der Waals surface area contributed by atoms with Crippen LogP contribution < -0.4 is 9.64 Å². The number of hydrogen-bond acceptors (Lipinski definition) is 8. The van der Waals surface area contributed by atoms with Crippen LogP contribution in [0.2, 0.25) is 0 Å². The van der Waals surface area contributed by atoms with E-state index in [9.17, 15) is 25.3 Å². The van der Waals surface area contributed by atoms with E-state index in [1.807, 2.05) is 9.80 Å². The molecule has 1 unspecified atom stereocenters. The van der Waals surface area contributed by atoms with E-state index in [-0.39, 0.29) is 28.7 Å². The molecule has 0 amide bonds. The Hall–Kier alpha value is -3.24. The van der Waals surface area contributed by atoms with Gasteiger partial charge in [0.2, 0.25) is 0 Å². The molecule has 0 aliphatic carbocycles. The van der Waals surface area contributed by atoms with Gasteiger partial charge < -0.3 is 14.7 Å². The van der Waals surface area contributed by atoms with Crippen molar-refractivity contribution < 1.29 is 19.7 Å². The summed E-state index contributed by atoms with van der Waals surface area (Å²) in [5.41, 5.74) is 0.536. The standard InChI is InChI=1S/C19H22N4O6/c24-15(14-29-19-8-4-3-7-18(19)23(27)28)13-20-9-11-21(12-10-20)16-5-1-2-6-17(16)22(25)26/h1-8,15,24H,9-14H2. The molecule has 3 rings (SSSR count). The van der Waals surface area contributed by atoms with Crippen molar-refractivity contribution in [2.75, 3.05) is 44.2 Å². The highest BCUT2D eigenvalue weighted by Gasteiger charge is 2.24. The summed E-state index contributed by atoms with van der Waals surface area (Å²) < 4.78 is 5.43. The zero-order valence-corrected chi connectivity index (χ0v) is 15.7. The normalized spacial score (nSPS) is 15.7. The van der Waals surface area contributed by atoms with Gasteiger partial charge in [-0.25, -0.2) is 0 Å². The number of aliphatic hydroxyl groups is 1. The van der Waals surface area contributed by atoms with Crippen molar-refractivity contribution in [3.8, 4) is 5.75 Å². The zero-order chi connectivity index (χ0) is 20.8. The lowest BCUT2D eigenvalue weighted by atomic mass is 10.2. The first-order valence-corrected chi connectivity index (χ1v) is 9.20. The Labute approximate surface area is 167 Å². The quantitative estimate of drug-likeness (QED) is 0.526. The number of nitrogens with zero attached hydrogens (tertiary/aromatic N) is 4. The van der Waals surface area contributed by atoms with Crippen LogP contribution in [-0.4, -0.2) is 65.3 Å². The molecule has 2 aromatic carbocycles. The third kappa shape index (κ3) is 5.18. The van der Waals surface area contributed by atoms with Crippen molar-refractivity contribution in [1.82, 2.24) is 4.90 Å². The molecule has 1 fully saturated rings. The number of ether oxygens (including phenoxy) is 1. The van der Waals surface area contributed by atoms with Crippen LogP contribution >= 0.6 is 0 Å². The van der Waals surface area contributed by atoms with Gasteiger partial charge in [-0.05, 0) is 12.1 Å². The monoisotopic (exact) mass is 402 g/mol. The van der Waals surface area contributed by atoms with Crippen molar-refractivity contribution in [3.05, 3.63) is 68.8 Å². The van der Waals surface area contributed by atoms with Crippen molar-refractivity contribution in [2.24, 2.45) is 0 Å². The van der Waals surface area contributed by atoms with Gasteiger partial charge in [0.25, 0.3) is 5.69 Å². The Morgan fingerprint density at radius 1 is 0.931 bits per heavy atom. The number of β-amino-alcohol motifs (C(OH)–C–C–N with tert-alkyl or cyclic N) is 1. The van der Waals surface area contributed by atoms with Gasteiger partial charge in [0.05, 0.1) is 9.85 Å². The molecule has 1 atom stereocenters. The number of hydrogen-bond donors (Lipinski definition) is 1. The first-order valence-electron chi connectivity index (χ1n) is 9.20. The number of benzene rings is 2. The summed E-state index contributed by atoms with van der Waals surface area (Å²) in [5, 5.41) is 32.5. The first-order chi connectivity index (χ1) is 14.0. The van der Waals surface area contributed by atoms with E-state index in [0.29, 0.717) is 38.4 Å². The molecule has 1 heterocycles. The molecule has 1 saturated heterocycles. The van der Waals surface area contributed by atoms with Crippen LogP contribution in [0.4, 0.5) is 17.1 Å². The summed E-state index contributed by atoms with van der Waals surface area (Å²) in [6, 6.07) is 12.7. The Morgan fingerprint density at radius 3 is 2.17 bits per heavy atom. The molecule has 0 bridgehead atoms. The minimum absolute atomic E-state index is 0.0603. The van der Waals surface area contributed by atoms with Gasteiger partial charge in [-0.15, -0.1) is 0 Å². The van der Waals surface area contributed by atoms with Gasteiger partial charge in [-0.3, -0.25) is 25.1 Å². The van der Waals surface area contributed by atoms with Gasteiger partial charge in [-0.1, -0.05) is 24.3 Å². The lowest BCUT2D eigenvalue weighted by Gasteiger charge is -2.36. The average Bonchev–Trinajstić information content (AvgIpc) is 2.73. The summed E-state index contributed by atoms with van der Waals surface area (Å²) in [5.74, 6) is 0.123. The summed E-state index contributed by atoms with van der Waals surface area (Å²) in [7, 11) is 0. The predicted molar refractivity (Wildman–Crippen MR) is 106 cm³/mol. The number of aliphatic hydroxyl groups excluding tert-OH is 1. The topological polar surface area (TPSA) is 122 Å². The van der Waals surface area contributed by atoms with E-state index in [2.05, 4.69) is 0 Å². The van der Waals surface area contributed by atoms with E-state index >= 15 is 0 Å². The first kappa shape index (κ1) is 20.5. The highest BCUT2D eigenvalue weighted by atomic mass is 16.6. The highest BCUT2D eigenvalue weighted by molar-refractivity contribution is 5.63. The third-order valence-corrected chi connectivity index (χ3v) is 4.75. The molecule has 1 N–H and O–H groups in total. The van der Waals surface area contributed by atoms with E-state index in [4.69, 9.17) is 4.74 Å². The Bertz CT molecular complexity index is 869. The molecule has 0 saturated carbocycles. The molecule has 29 heavy (non-hydrogen) atoms. The molecule has 1 aliphatic heterocycles. The number of para-hydroxylation sites is 4. The third-order valence-electron chi connectivity index (χ3n) is 4.75. The van der Waals surface area contributed by atoms with Crippen molar-refractivity contribution in [1.29, 1.82) is 0 Å².